The molecule has 0 bridgehead atoms. The third-order valence-corrected chi connectivity index (χ3v) is 11.1. The van der Waals surface area contributed by atoms with Gasteiger partial charge in [0.05, 0.1) is 5.25 Å². The third-order valence-electron chi connectivity index (χ3n) is 8.29. The first-order valence-electron chi connectivity index (χ1n) is 13.2. The van der Waals surface area contributed by atoms with Gasteiger partial charge in [-0.05, 0) is 89.4 Å². The van der Waals surface area contributed by atoms with Crippen LogP contribution < -0.4 is 5.32 Å². The fraction of sp³-hybridized carbons (Fsp3) is 0.923. The van der Waals surface area contributed by atoms with Crippen molar-refractivity contribution in [2.75, 3.05) is 19.6 Å². The molecule has 2 saturated carbocycles. The van der Waals surface area contributed by atoms with Gasteiger partial charge in [0, 0.05) is 29.7 Å². The number of hydrogen-bond acceptors (Lipinski definition) is 4. The maximum absolute atomic E-state index is 13.3. The standard InChI is InChI=1S/C26H43BrN2O3S/c1-26(2,3)32-25(31)28-16-17-6-4-7-19(14-17)18-10-12-29(13-11-18)24(30)23-15-20-21(27)8-5-9-22(20)33-23/h17-23H,4-16H2,1-3H3,(H,28,31). The number of carbonyl (C=O) groups excluding carboxylic acids is 2. The summed E-state index contributed by atoms with van der Waals surface area (Å²) in [5, 5.41) is 3.86. The lowest BCUT2D eigenvalue weighted by Crippen LogP contribution is -2.44. The van der Waals surface area contributed by atoms with Crippen molar-refractivity contribution in [1.82, 2.24) is 10.2 Å². The van der Waals surface area contributed by atoms with Crippen molar-refractivity contribution < 1.29 is 14.3 Å². The van der Waals surface area contributed by atoms with Crippen LogP contribution >= 0.6 is 27.7 Å². The Bertz CT molecular complexity index is 692. The zero-order chi connectivity index (χ0) is 23.6. The zero-order valence-corrected chi connectivity index (χ0v) is 23.1. The average Bonchev–Trinajstić information content (AvgIpc) is 3.22. The van der Waals surface area contributed by atoms with E-state index in [0.717, 1.165) is 50.7 Å². The van der Waals surface area contributed by atoms with Crippen LogP contribution in [0.1, 0.15) is 85.0 Å². The predicted octanol–water partition coefficient (Wildman–Crippen LogP) is 5.99. The van der Waals surface area contributed by atoms with Crippen molar-refractivity contribution in [3.8, 4) is 0 Å². The highest BCUT2D eigenvalue weighted by Gasteiger charge is 2.45. The highest BCUT2D eigenvalue weighted by Crippen LogP contribution is 2.49. The number of alkyl carbamates (subject to hydrolysis) is 1. The molecular formula is C26H43BrN2O3S. The summed E-state index contributed by atoms with van der Waals surface area (Å²) in [4.78, 5) is 28.1. The lowest BCUT2D eigenvalue weighted by Gasteiger charge is -2.40. The topological polar surface area (TPSA) is 58.6 Å². The van der Waals surface area contributed by atoms with Gasteiger partial charge in [0.1, 0.15) is 5.60 Å². The van der Waals surface area contributed by atoms with E-state index >= 15 is 0 Å². The van der Waals surface area contributed by atoms with Crippen molar-refractivity contribution in [2.24, 2.45) is 23.7 Å². The number of likely N-dealkylation sites (tertiary alicyclic amines) is 1. The Morgan fingerprint density at radius 2 is 1.73 bits per heavy atom. The number of alkyl halides is 1. The maximum Gasteiger partial charge on any atom is 0.407 e. The zero-order valence-electron chi connectivity index (χ0n) is 20.7. The monoisotopic (exact) mass is 542 g/mol. The van der Waals surface area contributed by atoms with Crippen LogP contribution in [0.3, 0.4) is 0 Å². The number of piperidine rings is 1. The smallest absolute Gasteiger partial charge is 0.407 e. The summed E-state index contributed by atoms with van der Waals surface area (Å²) >= 11 is 5.86. The number of thioether (sulfide) groups is 1. The summed E-state index contributed by atoms with van der Waals surface area (Å²) in [6.07, 6.45) is 11.9. The normalized spacial score (nSPS) is 35.7. The minimum atomic E-state index is -0.449. The molecule has 0 aromatic heterocycles. The van der Waals surface area contributed by atoms with E-state index in [-0.39, 0.29) is 11.3 Å². The minimum Gasteiger partial charge on any atom is -0.444 e. The van der Waals surface area contributed by atoms with Crippen LogP contribution in [0.25, 0.3) is 0 Å². The number of rotatable bonds is 4. The van der Waals surface area contributed by atoms with Gasteiger partial charge < -0.3 is 15.0 Å². The van der Waals surface area contributed by atoms with Crippen LogP contribution in [0.15, 0.2) is 0 Å². The van der Waals surface area contributed by atoms with Gasteiger partial charge in [-0.15, -0.1) is 11.8 Å². The second-order valence-electron chi connectivity index (χ2n) is 11.8. The molecule has 2 heterocycles. The van der Waals surface area contributed by atoms with Crippen LogP contribution in [0.4, 0.5) is 4.79 Å². The number of nitrogens with one attached hydrogen (secondary N) is 1. The van der Waals surface area contributed by atoms with E-state index in [9.17, 15) is 9.59 Å². The first kappa shape index (κ1) is 25.7. The number of halogens is 1. The molecule has 2 saturated heterocycles. The fourth-order valence-electron chi connectivity index (χ4n) is 6.60. The molecule has 4 fully saturated rings. The van der Waals surface area contributed by atoms with Gasteiger partial charge in [0.25, 0.3) is 0 Å². The van der Waals surface area contributed by atoms with E-state index in [2.05, 4.69) is 26.1 Å². The predicted molar refractivity (Wildman–Crippen MR) is 139 cm³/mol. The molecule has 33 heavy (non-hydrogen) atoms. The Morgan fingerprint density at radius 3 is 2.42 bits per heavy atom. The average molecular weight is 544 g/mol. The van der Waals surface area contributed by atoms with Crippen LogP contribution in [0.5, 0.6) is 0 Å². The van der Waals surface area contributed by atoms with Crippen molar-refractivity contribution in [3.63, 3.8) is 0 Å². The first-order valence-corrected chi connectivity index (χ1v) is 15.1. The molecule has 0 radical (unpaired) electrons. The molecule has 6 unspecified atom stereocenters. The summed E-state index contributed by atoms with van der Waals surface area (Å²) in [6, 6.07) is 0. The fourth-order valence-corrected chi connectivity index (χ4v) is 9.54. The quantitative estimate of drug-likeness (QED) is 0.443. The Labute approximate surface area is 213 Å². The molecule has 2 aliphatic carbocycles. The van der Waals surface area contributed by atoms with Gasteiger partial charge in [0.2, 0.25) is 5.91 Å². The number of amides is 2. The van der Waals surface area contributed by atoms with Gasteiger partial charge in [0.15, 0.2) is 0 Å². The third kappa shape index (κ3) is 6.83. The second kappa shape index (κ2) is 11.1. The Balaban J connectivity index is 1.20. The van der Waals surface area contributed by atoms with Gasteiger partial charge in [-0.3, -0.25) is 4.79 Å². The van der Waals surface area contributed by atoms with Gasteiger partial charge in [-0.25, -0.2) is 4.79 Å². The highest BCUT2D eigenvalue weighted by molar-refractivity contribution is 9.09. The van der Waals surface area contributed by atoms with Crippen LogP contribution in [0, 0.1) is 23.7 Å². The molecule has 0 spiro atoms. The summed E-state index contributed by atoms with van der Waals surface area (Å²) < 4.78 is 5.39. The molecule has 4 aliphatic rings. The van der Waals surface area contributed by atoms with Crippen molar-refractivity contribution in [1.29, 1.82) is 0 Å². The molecule has 7 heteroatoms. The van der Waals surface area contributed by atoms with E-state index in [1.54, 1.807) is 0 Å². The number of fused-ring (bicyclic) bond motifs is 1. The maximum atomic E-state index is 13.3. The first-order chi connectivity index (χ1) is 15.7. The molecule has 1 N–H and O–H groups in total. The molecule has 188 valence electrons. The molecule has 2 amide bonds. The van der Waals surface area contributed by atoms with E-state index < -0.39 is 5.60 Å². The number of ether oxygens (including phenoxy) is 1. The molecule has 0 aromatic rings. The summed E-state index contributed by atoms with van der Waals surface area (Å²) in [5.74, 6) is 3.11. The molecule has 2 aliphatic heterocycles. The molecular weight excluding hydrogens is 500 g/mol. The van der Waals surface area contributed by atoms with Gasteiger partial charge in [-0.2, -0.15) is 0 Å². The second-order valence-corrected chi connectivity index (χ2v) is 14.5. The summed E-state index contributed by atoms with van der Waals surface area (Å²) in [7, 11) is 0. The number of carbonyl (C=O) groups is 2. The van der Waals surface area contributed by atoms with Gasteiger partial charge in [-0.1, -0.05) is 35.2 Å². The molecule has 6 atom stereocenters. The van der Waals surface area contributed by atoms with Crippen molar-refractivity contribution >= 4 is 39.7 Å². The largest absolute Gasteiger partial charge is 0.444 e. The summed E-state index contributed by atoms with van der Waals surface area (Å²) in [6.45, 7) is 8.29. The van der Waals surface area contributed by atoms with Crippen molar-refractivity contribution in [2.45, 2.75) is 106 Å². The van der Waals surface area contributed by atoms with E-state index in [1.165, 1.54) is 44.9 Å². The minimum absolute atomic E-state index is 0.188. The lowest BCUT2D eigenvalue weighted by molar-refractivity contribution is -0.132. The van der Waals surface area contributed by atoms with Crippen molar-refractivity contribution in [3.05, 3.63) is 0 Å². The Hall–Kier alpha value is -0.430. The Kier molecular flexibility index (Phi) is 8.62. The lowest BCUT2D eigenvalue weighted by atomic mass is 9.72. The van der Waals surface area contributed by atoms with E-state index in [4.69, 9.17) is 4.74 Å². The highest BCUT2D eigenvalue weighted by atomic mass is 79.9. The number of hydrogen-bond donors (Lipinski definition) is 1. The molecule has 0 aromatic carbocycles. The van der Waals surface area contributed by atoms with Crippen LogP contribution in [-0.2, 0) is 9.53 Å². The summed E-state index contributed by atoms with van der Waals surface area (Å²) in [5.41, 5.74) is -0.449. The number of nitrogens with zero attached hydrogens (tertiary/aromatic N) is 1. The molecule has 5 nitrogen and oxygen atoms in total. The van der Waals surface area contributed by atoms with Crippen LogP contribution in [0.2, 0.25) is 0 Å². The molecule has 4 rings (SSSR count). The SMILES string of the molecule is CC(C)(C)OC(=O)NCC1CCCC(C2CCN(C(=O)C3CC4C(Br)CCCC4S3)CC2)C1. The Morgan fingerprint density at radius 1 is 1.00 bits per heavy atom. The van der Waals surface area contributed by atoms with E-state index in [1.807, 2.05) is 32.5 Å². The van der Waals surface area contributed by atoms with E-state index in [0.29, 0.717) is 27.8 Å². The van der Waals surface area contributed by atoms with Gasteiger partial charge >= 0.3 is 6.09 Å². The van der Waals surface area contributed by atoms with Crippen LogP contribution in [-0.4, -0.2) is 57.5 Å².